The van der Waals surface area contributed by atoms with E-state index in [1.165, 1.54) is 0 Å². The topological polar surface area (TPSA) is 66.0 Å². The third kappa shape index (κ3) is 4.30. The Morgan fingerprint density at radius 2 is 1.71 bits per heavy atom. The van der Waals surface area contributed by atoms with Crippen LogP contribution in [0.1, 0.15) is 59.6 Å². The van der Waals surface area contributed by atoms with Crippen molar-refractivity contribution in [1.29, 1.82) is 0 Å². The molecule has 0 bridgehead atoms. The Balaban J connectivity index is 1.59. The molecule has 0 radical (unpaired) electrons. The van der Waals surface area contributed by atoms with Gasteiger partial charge in [-0.05, 0) is 65.7 Å². The zero-order valence-corrected chi connectivity index (χ0v) is 19.3. The second kappa shape index (κ2) is 7.28. The smallest absolute Gasteiger partial charge is 0.457 e. The van der Waals surface area contributed by atoms with Gasteiger partial charge in [-0.3, -0.25) is 5.32 Å². The van der Waals surface area contributed by atoms with E-state index in [1.54, 1.807) is 0 Å². The molecule has 0 atom stereocenters. The van der Waals surface area contributed by atoms with E-state index in [0.29, 0.717) is 11.4 Å². The van der Waals surface area contributed by atoms with Crippen molar-refractivity contribution in [2.75, 3.05) is 5.32 Å². The number of carbonyl (C=O) groups excluding carboxylic acids is 1. The van der Waals surface area contributed by atoms with Crippen LogP contribution in [0.25, 0.3) is 0 Å². The average Bonchev–Trinajstić information content (AvgIpc) is 2.85. The number of anilines is 1. The number of hydrogen-bond donors (Lipinski definition) is 1. The number of benzene rings is 2. The van der Waals surface area contributed by atoms with Crippen molar-refractivity contribution >= 4 is 24.4 Å². The lowest BCUT2D eigenvalue weighted by Gasteiger charge is -2.32. The zero-order valence-electron chi connectivity index (χ0n) is 19.3. The van der Waals surface area contributed by atoms with Crippen molar-refractivity contribution in [2.45, 2.75) is 71.7 Å². The van der Waals surface area contributed by atoms with Crippen LogP contribution >= 0.6 is 0 Å². The predicted molar refractivity (Wildman–Crippen MR) is 121 cm³/mol. The molecule has 0 saturated carbocycles. The summed E-state index contributed by atoms with van der Waals surface area (Å²) in [5.74, 6) is 1.45. The Bertz CT molecular complexity index is 1010. The van der Waals surface area contributed by atoms with Gasteiger partial charge in [0.2, 0.25) is 0 Å². The van der Waals surface area contributed by atoms with Crippen molar-refractivity contribution in [3.8, 4) is 11.5 Å². The highest BCUT2D eigenvalue weighted by Crippen LogP contribution is 2.41. The molecule has 2 aliphatic heterocycles. The molecule has 1 fully saturated rings. The van der Waals surface area contributed by atoms with Gasteiger partial charge in [-0.1, -0.05) is 24.3 Å². The van der Waals surface area contributed by atoms with E-state index >= 15 is 0 Å². The minimum Gasteiger partial charge on any atom is -0.457 e. The number of ether oxygens (including phenoxy) is 2. The van der Waals surface area contributed by atoms with Gasteiger partial charge in [0.25, 0.3) is 0 Å². The molecule has 1 saturated heterocycles. The second-order valence-corrected chi connectivity index (χ2v) is 10.2. The van der Waals surface area contributed by atoms with Crippen LogP contribution in [0.2, 0.25) is 0 Å². The fourth-order valence-electron chi connectivity index (χ4n) is 3.63. The number of rotatable bonds is 2. The SMILES string of the molecule is CC(C)(C)OC(=O)Nc1ccc2c(c1)Oc1c(cccc1B1OC(C)(C)C(C)(C)O1)C2. The van der Waals surface area contributed by atoms with Crippen LogP contribution < -0.4 is 15.5 Å². The van der Waals surface area contributed by atoms with Crippen molar-refractivity contribution in [2.24, 2.45) is 0 Å². The molecule has 0 unspecified atom stereocenters. The van der Waals surface area contributed by atoms with E-state index in [2.05, 4.69) is 11.4 Å². The van der Waals surface area contributed by atoms with Crippen LogP contribution in [0, 0.1) is 0 Å². The van der Waals surface area contributed by atoms with Crippen LogP contribution in [0.5, 0.6) is 11.5 Å². The maximum atomic E-state index is 12.1. The van der Waals surface area contributed by atoms with Crippen LogP contribution in [0.15, 0.2) is 36.4 Å². The quantitative estimate of drug-likeness (QED) is 0.586. The fraction of sp³-hybridized carbons (Fsp3) is 0.458. The van der Waals surface area contributed by atoms with Crippen LogP contribution in [-0.4, -0.2) is 30.0 Å². The molecule has 2 aromatic rings. The highest BCUT2D eigenvalue weighted by atomic mass is 16.7. The Morgan fingerprint density at radius 1 is 1.03 bits per heavy atom. The van der Waals surface area contributed by atoms with Gasteiger partial charge in [0.05, 0.1) is 11.2 Å². The van der Waals surface area contributed by atoms with E-state index < -0.39 is 30.0 Å². The number of fused-ring (bicyclic) bond motifs is 2. The first-order valence-corrected chi connectivity index (χ1v) is 10.6. The summed E-state index contributed by atoms with van der Waals surface area (Å²) in [4.78, 5) is 12.1. The lowest BCUT2D eigenvalue weighted by atomic mass is 9.76. The molecular formula is C24H30BNO5. The summed E-state index contributed by atoms with van der Waals surface area (Å²) >= 11 is 0. The number of carbonyl (C=O) groups is 1. The van der Waals surface area contributed by atoms with E-state index in [0.717, 1.165) is 28.8 Å². The third-order valence-electron chi connectivity index (χ3n) is 5.94. The Kier molecular flexibility index (Phi) is 5.10. The van der Waals surface area contributed by atoms with Gasteiger partial charge in [-0.2, -0.15) is 0 Å². The molecular weight excluding hydrogens is 393 g/mol. The molecule has 31 heavy (non-hydrogen) atoms. The molecule has 2 aliphatic rings. The molecule has 2 heterocycles. The first kappa shape index (κ1) is 21.7. The van der Waals surface area contributed by atoms with Gasteiger partial charge < -0.3 is 18.8 Å². The Labute approximate surface area is 184 Å². The second-order valence-electron chi connectivity index (χ2n) is 10.2. The highest BCUT2D eigenvalue weighted by molar-refractivity contribution is 6.63. The maximum absolute atomic E-state index is 12.1. The summed E-state index contributed by atoms with van der Waals surface area (Å²) in [6, 6.07) is 11.7. The minimum absolute atomic E-state index is 0.433. The first-order chi connectivity index (χ1) is 14.3. The minimum atomic E-state index is -0.564. The molecule has 0 aromatic heterocycles. The number of para-hydroxylation sites is 1. The van der Waals surface area contributed by atoms with Gasteiger partial charge in [0, 0.05) is 23.6 Å². The molecule has 1 N–H and O–H groups in total. The average molecular weight is 423 g/mol. The summed E-state index contributed by atoms with van der Waals surface area (Å²) in [5.41, 5.74) is 2.18. The highest BCUT2D eigenvalue weighted by Gasteiger charge is 2.52. The van der Waals surface area contributed by atoms with E-state index in [9.17, 15) is 4.79 Å². The molecule has 164 valence electrons. The summed E-state index contributed by atoms with van der Waals surface area (Å²) in [7, 11) is -0.510. The third-order valence-corrected chi connectivity index (χ3v) is 5.94. The normalized spacial score (nSPS) is 18.6. The molecule has 0 aliphatic carbocycles. The molecule has 2 aromatic carbocycles. The zero-order chi connectivity index (χ0) is 22.6. The van der Waals surface area contributed by atoms with E-state index in [1.807, 2.05) is 78.8 Å². The van der Waals surface area contributed by atoms with Crippen molar-refractivity contribution in [3.63, 3.8) is 0 Å². The lowest BCUT2D eigenvalue weighted by Crippen LogP contribution is -2.41. The van der Waals surface area contributed by atoms with Crippen LogP contribution in [0.3, 0.4) is 0 Å². The van der Waals surface area contributed by atoms with Crippen molar-refractivity contribution in [1.82, 2.24) is 0 Å². The lowest BCUT2D eigenvalue weighted by molar-refractivity contribution is 0.00578. The summed E-state index contributed by atoms with van der Waals surface area (Å²) in [6.45, 7) is 13.6. The monoisotopic (exact) mass is 423 g/mol. The molecule has 1 amide bonds. The molecule has 7 heteroatoms. The summed E-state index contributed by atoms with van der Waals surface area (Å²) in [5, 5.41) is 2.77. The Hall–Kier alpha value is -2.51. The van der Waals surface area contributed by atoms with Gasteiger partial charge in [0.15, 0.2) is 0 Å². The van der Waals surface area contributed by atoms with E-state index in [-0.39, 0.29) is 0 Å². The van der Waals surface area contributed by atoms with Crippen molar-refractivity contribution in [3.05, 3.63) is 47.5 Å². The van der Waals surface area contributed by atoms with Gasteiger partial charge in [-0.25, -0.2) is 4.79 Å². The van der Waals surface area contributed by atoms with Crippen molar-refractivity contribution < 1.29 is 23.6 Å². The van der Waals surface area contributed by atoms with Gasteiger partial charge in [-0.15, -0.1) is 0 Å². The molecule has 4 rings (SSSR count). The molecule has 0 spiro atoms. The fourth-order valence-corrected chi connectivity index (χ4v) is 3.63. The Morgan fingerprint density at radius 3 is 2.35 bits per heavy atom. The van der Waals surface area contributed by atoms with Crippen LogP contribution in [-0.2, 0) is 20.5 Å². The van der Waals surface area contributed by atoms with Gasteiger partial charge in [0.1, 0.15) is 17.1 Å². The number of hydrogen-bond acceptors (Lipinski definition) is 5. The standard InChI is InChI=1S/C24H30BNO5/c1-22(2,3)29-21(27)26-17-12-11-15-13-16-9-8-10-18(20(16)28-19(15)14-17)25-30-23(4,5)24(6,7)31-25/h8-12,14H,13H2,1-7H3,(H,26,27). The molecule has 6 nitrogen and oxygen atoms in total. The van der Waals surface area contributed by atoms with Gasteiger partial charge >= 0.3 is 13.2 Å². The summed E-state index contributed by atoms with van der Waals surface area (Å²) in [6.07, 6.45) is 0.228. The predicted octanol–water partition coefficient (Wildman–Crippen LogP) is 5.03. The summed E-state index contributed by atoms with van der Waals surface area (Å²) < 4.78 is 24.2. The number of amides is 1. The largest absolute Gasteiger partial charge is 0.498 e. The van der Waals surface area contributed by atoms with E-state index in [4.69, 9.17) is 18.8 Å². The maximum Gasteiger partial charge on any atom is 0.498 e. The number of nitrogens with one attached hydrogen (secondary N) is 1. The first-order valence-electron chi connectivity index (χ1n) is 10.6. The van der Waals surface area contributed by atoms with Crippen LogP contribution in [0.4, 0.5) is 10.5 Å².